The van der Waals surface area contributed by atoms with Gasteiger partial charge in [0.15, 0.2) is 11.6 Å². The zero-order chi connectivity index (χ0) is 38.2. The van der Waals surface area contributed by atoms with Crippen molar-refractivity contribution in [3.63, 3.8) is 0 Å². The average molecular weight is 773 g/mol. The summed E-state index contributed by atoms with van der Waals surface area (Å²) in [5.41, 5.74) is 1.32. The molecule has 4 atom stereocenters. The highest BCUT2D eigenvalue weighted by Crippen LogP contribution is 2.48. The summed E-state index contributed by atoms with van der Waals surface area (Å²) in [4.78, 5) is 33.9. The van der Waals surface area contributed by atoms with Gasteiger partial charge in [-0.3, -0.25) is 14.7 Å². The lowest BCUT2D eigenvalue weighted by Crippen LogP contribution is -2.51. The highest BCUT2D eigenvalue weighted by Gasteiger charge is 2.52. The normalized spacial score (nSPS) is 25.5. The Bertz CT molecular complexity index is 2190. The number of piperidine rings is 1. The monoisotopic (exact) mass is 772 g/mol. The molecule has 1 aromatic carbocycles. The maximum atomic E-state index is 16.9. The molecule has 3 aromatic heterocycles. The van der Waals surface area contributed by atoms with Crippen LogP contribution in [0.2, 0.25) is 5.02 Å². The molecule has 10 nitrogen and oxygen atoms in total. The van der Waals surface area contributed by atoms with E-state index in [9.17, 15) is 22.4 Å². The van der Waals surface area contributed by atoms with Gasteiger partial charge < -0.3 is 20.7 Å². The number of nitrogens with one attached hydrogen (secondary N) is 1. The number of benzene rings is 1. The zero-order valence-corrected chi connectivity index (χ0v) is 29.7. The Hall–Kier alpha value is -4.70. The molecule has 1 saturated carbocycles. The van der Waals surface area contributed by atoms with Crippen LogP contribution in [-0.2, 0) is 11.0 Å². The molecule has 2 bridgehead atoms. The van der Waals surface area contributed by atoms with E-state index in [1.165, 1.54) is 19.2 Å². The SMILES string of the molecule is Cc1cc(N)nc(-c2c(Cl)cc3c(N4C[C@]5(NC(=O)/C(F)=C/c6ccccn6)CC[C@H]4C5)nc(OC[C@]45CCCN4C[C@H](F)C5)nc3c2F)c1C(F)(F)F. The summed E-state index contributed by atoms with van der Waals surface area (Å²) in [7, 11) is 0. The summed E-state index contributed by atoms with van der Waals surface area (Å²) in [6, 6.07) is 6.69. The van der Waals surface area contributed by atoms with E-state index in [-0.39, 0.29) is 72.0 Å². The van der Waals surface area contributed by atoms with E-state index in [1.807, 2.05) is 9.80 Å². The van der Waals surface area contributed by atoms with Crippen LogP contribution >= 0.6 is 11.6 Å². The summed E-state index contributed by atoms with van der Waals surface area (Å²) < 4.78 is 96.0. The maximum Gasteiger partial charge on any atom is 0.418 e. The van der Waals surface area contributed by atoms with Crippen LogP contribution in [0, 0.1) is 12.7 Å². The fourth-order valence-corrected chi connectivity index (χ4v) is 9.15. The second kappa shape index (κ2) is 13.3. The number of nitrogens with two attached hydrogens (primary N) is 1. The molecule has 8 rings (SSSR count). The number of ether oxygens (including phenoxy) is 1. The van der Waals surface area contributed by atoms with E-state index in [4.69, 9.17) is 27.1 Å². The molecule has 17 heteroatoms. The third-order valence-electron chi connectivity index (χ3n) is 11.2. The van der Waals surface area contributed by atoms with E-state index in [2.05, 4.69) is 20.3 Å². The predicted molar refractivity (Wildman–Crippen MR) is 190 cm³/mol. The number of alkyl halides is 4. The summed E-state index contributed by atoms with van der Waals surface area (Å²) >= 11 is 6.64. The number of anilines is 2. The molecule has 3 saturated heterocycles. The Balaban J connectivity index is 1.21. The van der Waals surface area contributed by atoms with Gasteiger partial charge in [-0.25, -0.2) is 18.2 Å². The van der Waals surface area contributed by atoms with Gasteiger partial charge in [0.1, 0.15) is 29.9 Å². The summed E-state index contributed by atoms with van der Waals surface area (Å²) in [5, 5.41) is 2.53. The van der Waals surface area contributed by atoms with Crippen molar-refractivity contribution in [3.05, 3.63) is 70.0 Å². The molecule has 0 unspecified atom stereocenters. The van der Waals surface area contributed by atoms with Gasteiger partial charge in [-0.05, 0) is 75.4 Å². The Morgan fingerprint density at radius 1 is 1.19 bits per heavy atom. The van der Waals surface area contributed by atoms with Crippen molar-refractivity contribution in [1.29, 1.82) is 0 Å². The van der Waals surface area contributed by atoms with Crippen LogP contribution in [0.4, 0.5) is 38.0 Å². The Labute approximate surface area is 310 Å². The van der Waals surface area contributed by atoms with Gasteiger partial charge in [-0.15, -0.1) is 0 Å². The van der Waals surface area contributed by atoms with E-state index in [1.54, 1.807) is 18.2 Å². The number of carbonyl (C=O) groups excluding carboxylic acids is 1. The first-order valence-corrected chi connectivity index (χ1v) is 18.0. The average Bonchev–Trinajstić information content (AvgIpc) is 3.86. The van der Waals surface area contributed by atoms with E-state index in [0.29, 0.717) is 32.2 Å². The topological polar surface area (TPSA) is 122 Å². The van der Waals surface area contributed by atoms with Crippen LogP contribution in [-0.4, -0.2) is 80.3 Å². The number of hydrogen-bond donors (Lipinski definition) is 2. The van der Waals surface area contributed by atoms with Gasteiger partial charge in [-0.2, -0.15) is 23.1 Å². The second-order valence-electron chi connectivity index (χ2n) is 14.7. The third-order valence-corrected chi connectivity index (χ3v) is 11.5. The number of pyridine rings is 2. The lowest BCUT2D eigenvalue weighted by Gasteiger charge is -2.34. The smallest absolute Gasteiger partial charge is 0.418 e. The van der Waals surface area contributed by atoms with Gasteiger partial charge in [-0.1, -0.05) is 17.7 Å². The quantitative estimate of drug-likeness (QED) is 0.144. The van der Waals surface area contributed by atoms with Gasteiger partial charge in [0.25, 0.3) is 5.91 Å². The molecular formula is C37H35ClF6N8O2. The number of aryl methyl sites for hydroxylation is 1. The van der Waals surface area contributed by atoms with E-state index >= 15 is 8.78 Å². The number of rotatable bonds is 8. The molecule has 4 aromatic rings. The van der Waals surface area contributed by atoms with Gasteiger partial charge in [0, 0.05) is 43.2 Å². The standard InChI is InChI=1S/C37H35ClF6N8O2/c1-19-11-26(45)47-31(28(19)37(42,43)44)27-24(38)13-23-30(29(27)41)48-34(54-18-36-7-4-10-51(36)16-20(39)14-36)49-32(23)52-17-35(8-6-22(52)15-35)50-33(53)25(40)12-21-5-2-3-9-46-21/h2-3,5,9,11-13,20,22H,4,6-8,10,14-18H2,1H3,(H2,45,47)(H,50,53)/b25-12-/t20-,22+,35+,36-/m1/s1. The molecule has 0 spiro atoms. The van der Waals surface area contributed by atoms with Crippen LogP contribution in [0.5, 0.6) is 6.01 Å². The molecule has 1 amide bonds. The van der Waals surface area contributed by atoms with Gasteiger partial charge in [0.05, 0.1) is 38.6 Å². The first kappa shape index (κ1) is 36.3. The number of nitrogen functional groups attached to an aromatic ring is 1. The van der Waals surface area contributed by atoms with Crippen molar-refractivity contribution in [1.82, 2.24) is 30.2 Å². The molecule has 1 aliphatic carbocycles. The van der Waals surface area contributed by atoms with E-state index < -0.39 is 62.8 Å². The first-order valence-electron chi connectivity index (χ1n) is 17.6. The van der Waals surface area contributed by atoms with Crippen molar-refractivity contribution < 1.29 is 35.9 Å². The van der Waals surface area contributed by atoms with Gasteiger partial charge >= 0.3 is 12.2 Å². The number of fused-ring (bicyclic) bond motifs is 4. The fraction of sp³-hybridized carbons (Fsp3) is 0.432. The molecule has 0 radical (unpaired) electrons. The number of hydrogen-bond acceptors (Lipinski definition) is 9. The van der Waals surface area contributed by atoms with Crippen LogP contribution in [0.1, 0.15) is 55.3 Å². The third kappa shape index (κ3) is 6.36. The van der Waals surface area contributed by atoms with Crippen LogP contribution < -0.4 is 20.7 Å². The minimum absolute atomic E-state index is 0.0000694. The first-order chi connectivity index (χ1) is 25.7. The van der Waals surface area contributed by atoms with Crippen LogP contribution in [0.25, 0.3) is 28.2 Å². The summed E-state index contributed by atoms with van der Waals surface area (Å²) in [5.74, 6) is -3.26. The lowest BCUT2D eigenvalue weighted by atomic mass is 9.95. The minimum Gasteiger partial charge on any atom is -0.461 e. The number of aromatic nitrogens is 4. The molecule has 6 heterocycles. The van der Waals surface area contributed by atoms with Crippen molar-refractivity contribution in [2.45, 2.75) is 74.9 Å². The van der Waals surface area contributed by atoms with Gasteiger partial charge in [0.2, 0.25) is 0 Å². The fourth-order valence-electron chi connectivity index (χ4n) is 8.87. The Kier molecular flexibility index (Phi) is 8.90. The zero-order valence-electron chi connectivity index (χ0n) is 29.0. The molecule has 4 fully saturated rings. The summed E-state index contributed by atoms with van der Waals surface area (Å²) in [6.45, 7) is 2.29. The van der Waals surface area contributed by atoms with Crippen molar-refractivity contribution in [3.8, 4) is 17.3 Å². The highest BCUT2D eigenvalue weighted by atomic mass is 35.5. The molecule has 54 heavy (non-hydrogen) atoms. The van der Waals surface area contributed by atoms with Crippen molar-refractivity contribution in [2.24, 2.45) is 0 Å². The maximum absolute atomic E-state index is 16.9. The highest BCUT2D eigenvalue weighted by molar-refractivity contribution is 6.34. The van der Waals surface area contributed by atoms with Crippen molar-refractivity contribution in [2.75, 3.05) is 36.9 Å². The van der Waals surface area contributed by atoms with Crippen LogP contribution in [0.15, 0.2) is 42.4 Å². The molecule has 3 N–H and O–H groups in total. The molecule has 3 aliphatic heterocycles. The van der Waals surface area contributed by atoms with Crippen LogP contribution in [0.3, 0.4) is 0 Å². The number of carbonyl (C=O) groups is 1. The largest absolute Gasteiger partial charge is 0.461 e. The Morgan fingerprint density at radius 3 is 2.76 bits per heavy atom. The molecule has 4 aliphatic rings. The number of halogens is 7. The Morgan fingerprint density at radius 2 is 2.00 bits per heavy atom. The predicted octanol–water partition coefficient (Wildman–Crippen LogP) is 6.98. The summed E-state index contributed by atoms with van der Waals surface area (Å²) in [6.07, 6.45) is -0.232. The minimum atomic E-state index is -4.93. The lowest BCUT2D eigenvalue weighted by molar-refractivity contribution is -0.137. The van der Waals surface area contributed by atoms with Crippen molar-refractivity contribution >= 4 is 46.1 Å². The molecule has 284 valence electrons. The number of nitrogens with zero attached hydrogens (tertiary/aromatic N) is 6. The number of amides is 1. The second-order valence-corrected chi connectivity index (χ2v) is 15.1. The van der Waals surface area contributed by atoms with E-state index in [0.717, 1.165) is 18.6 Å². The molecular weight excluding hydrogens is 738 g/mol.